The van der Waals surface area contributed by atoms with E-state index in [0.717, 1.165) is 25.2 Å². The number of rotatable bonds is 4. The summed E-state index contributed by atoms with van der Waals surface area (Å²) >= 11 is 0. The molecule has 10 heteroatoms. The summed E-state index contributed by atoms with van der Waals surface area (Å²) in [7, 11) is 0. The number of aromatic nitrogens is 2. The van der Waals surface area contributed by atoms with Crippen molar-refractivity contribution in [2.75, 3.05) is 31.1 Å². The van der Waals surface area contributed by atoms with Gasteiger partial charge < -0.3 is 10.2 Å². The lowest BCUT2D eigenvalue weighted by Gasteiger charge is -2.31. The molecule has 0 aliphatic carbocycles. The summed E-state index contributed by atoms with van der Waals surface area (Å²) in [4.78, 5) is 15.1. The van der Waals surface area contributed by atoms with Gasteiger partial charge in [-0.3, -0.25) is 4.79 Å². The van der Waals surface area contributed by atoms with Gasteiger partial charge in [0, 0.05) is 43.9 Å². The monoisotopic (exact) mass is 466 g/mol. The molecular formula is C20H27Cl2F3N4O. The van der Waals surface area contributed by atoms with E-state index in [1.807, 2.05) is 25.7 Å². The van der Waals surface area contributed by atoms with Gasteiger partial charge in [0.2, 0.25) is 0 Å². The molecule has 0 radical (unpaired) electrons. The minimum absolute atomic E-state index is 0. The van der Waals surface area contributed by atoms with E-state index in [-0.39, 0.29) is 36.3 Å². The number of anilines is 1. The van der Waals surface area contributed by atoms with Crippen LogP contribution in [0.1, 0.15) is 25.0 Å². The van der Waals surface area contributed by atoms with Crippen LogP contribution in [0, 0.1) is 12.8 Å². The summed E-state index contributed by atoms with van der Waals surface area (Å²) < 4.78 is 40.1. The third-order valence-corrected chi connectivity index (χ3v) is 4.83. The molecule has 30 heavy (non-hydrogen) atoms. The molecule has 0 saturated carbocycles. The molecule has 1 saturated heterocycles. The van der Waals surface area contributed by atoms with Crippen molar-refractivity contribution in [1.82, 2.24) is 15.1 Å². The number of nitrogens with one attached hydrogen (secondary N) is 1. The molecule has 1 aliphatic rings. The molecule has 0 amide bonds. The number of alkyl halides is 3. The van der Waals surface area contributed by atoms with Crippen LogP contribution in [-0.2, 0) is 12.7 Å². The zero-order valence-electron chi connectivity index (χ0n) is 17.1. The second-order valence-corrected chi connectivity index (χ2v) is 7.52. The van der Waals surface area contributed by atoms with Gasteiger partial charge in [-0.05, 0) is 25.0 Å². The van der Waals surface area contributed by atoms with Crippen molar-refractivity contribution >= 4 is 30.5 Å². The molecule has 0 atom stereocenters. The van der Waals surface area contributed by atoms with Gasteiger partial charge in [0.15, 0.2) is 0 Å². The summed E-state index contributed by atoms with van der Waals surface area (Å²) in [5.41, 5.74) is 1.55. The van der Waals surface area contributed by atoms with Crippen LogP contribution < -0.4 is 15.8 Å². The SMILES string of the molecule is Cc1c(-c2ccc(C(F)(F)F)cc2)nn(CC(C)C)c(=O)c1N1CCNCC1.Cl.Cl. The van der Waals surface area contributed by atoms with Gasteiger partial charge in [-0.2, -0.15) is 18.3 Å². The third kappa shape index (κ3) is 5.68. The molecule has 1 aromatic heterocycles. The predicted octanol–water partition coefficient (Wildman–Crippen LogP) is 4.15. The van der Waals surface area contributed by atoms with E-state index < -0.39 is 11.7 Å². The number of hydrogen-bond acceptors (Lipinski definition) is 4. The molecule has 2 aromatic rings. The van der Waals surface area contributed by atoms with Gasteiger partial charge in [-0.1, -0.05) is 26.0 Å². The van der Waals surface area contributed by atoms with E-state index in [1.165, 1.54) is 16.8 Å². The summed E-state index contributed by atoms with van der Waals surface area (Å²) in [5.74, 6) is 0.212. The van der Waals surface area contributed by atoms with Crippen LogP contribution in [0.2, 0.25) is 0 Å². The van der Waals surface area contributed by atoms with Gasteiger partial charge in [-0.15, -0.1) is 24.8 Å². The number of halogens is 5. The quantitative estimate of drug-likeness (QED) is 0.735. The molecule has 1 aromatic carbocycles. The minimum Gasteiger partial charge on any atom is -0.364 e. The first-order valence-electron chi connectivity index (χ1n) is 9.43. The number of piperazine rings is 1. The fraction of sp³-hybridized carbons (Fsp3) is 0.500. The van der Waals surface area contributed by atoms with E-state index in [0.29, 0.717) is 42.1 Å². The third-order valence-electron chi connectivity index (χ3n) is 4.83. The molecule has 1 fully saturated rings. The first kappa shape index (κ1) is 26.3. The van der Waals surface area contributed by atoms with Gasteiger partial charge in [0.05, 0.1) is 11.3 Å². The van der Waals surface area contributed by atoms with Crippen molar-refractivity contribution in [1.29, 1.82) is 0 Å². The Labute approximate surface area is 186 Å². The normalized spacial score (nSPS) is 14.3. The fourth-order valence-corrected chi connectivity index (χ4v) is 3.46. The van der Waals surface area contributed by atoms with E-state index >= 15 is 0 Å². The Morgan fingerprint density at radius 2 is 1.67 bits per heavy atom. The molecule has 3 rings (SSSR count). The fourth-order valence-electron chi connectivity index (χ4n) is 3.46. The van der Waals surface area contributed by atoms with Crippen LogP contribution in [-0.4, -0.2) is 36.0 Å². The smallest absolute Gasteiger partial charge is 0.364 e. The topological polar surface area (TPSA) is 50.2 Å². The highest BCUT2D eigenvalue weighted by Gasteiger charge is 2.30. The highest BCUT2D eigenvalue weighted by atomic mass is 35.5. The summed E-state index contributed by atoms with van der Waals surface area (Å²) in [6.45, 7) is 9.22. The zero-order valence-corrected chi connectivity index (χ0v) is 18.8. The Hall–Kier alpha value is -1.77. The Morgan fingerprint density at radius 3 is 2.17 bits per heavy atom. The molecule has 1 N–H and O–H groups in total. The van der Waals surface area contributed by atoms with E-state index in [1.54, 1.807) is 0 Å². The van der Waals surface area contributed by atoms with Crippen molar-refractivity contribution in [2.24, 2.45) is 5.92 Å². The van der Waals surface area contributed by atoms with Crippen LogP contribution in [0.3, 0.4) is 0 Å². The highest BCUT2D eigenvalue weighted by molar-refractivity contribution is 5.85. The first-order chi connectivity index (χ1) is 13.2. The second-order valence-electron chi connectivity index (χ2n) is 7.52. The maximum Gasteiger partial charge on any atom is 0.416 e. The second kappa shape index (κ2) is 10.5. The predicted molar refractivity (Wildman–Crippen MR) is 118 cm³/mol. The molecule has 0 spiro atoms. The lowest BCUT2D eigenvalue weighted by Crippen LogP contribution is -2.47. The molecule has 0 bridgehead atoms. The van der Waals surface area contributed by atoms with E-state index in [9.17, 15) is 18.0 Å². The maximum atomic E-state index is 13.1. The molecule has 2 heterocycles. The first-order valence-corrected chi connectivity index (χ1v) is 9.43. The van der Waals surface area contributed by atoms with Gasteiger partial charge in [-0.25, -0.2) is 4.68 Å². The summed E-state index contributed by atoms with van der Waals surface area (Å²) in [6.07, 6.45) is -4.39. The molecule has 0 unspecified atom stereocenters. The van der Waals surface area contributed by atoms with Crippen LogP contribution in [0.15, 0.2) is 29.1 Å². The van der Waals surface area contributed by atoms with Crippen molar-refractivity contribution in [2.45, 2.75) is 33.5 Å². The highest BCUT2D eigenvalue weighted by Crippen LogP contribution is 2.32. The van der Waals surface area contributed by atoms with Gasteiger partial charge in [0.1, 0.15) is 5.69 Å². The average molecular weight is 467 g/mol. The van der Waals surface area contributed by atoms with Crippen molar-refractivity contribution in [3.05, 3.63) is 45.7 Å². The number of hydrogen-bond donors (Lipinski definition) is 1. The molecule has 5 nitrogen and oxygen atoms in total. The Kier molecular flexibility index (Phi) is 9.20. The lowest BCUT2D eigenvalue weighted by molar-refractivity contribution is -0.137. The van der Waals surface area contributed by atoms with E-state index in [2.05, 4.69) is 10.4 Å². The Balaban J connectivity index is 0.00000225. The summed E-state index contributed by atoms with van der Waals surface area (Å²) in [6, 6.07) is 4.95. The summed E-state index contributed by atoms with van der Waals surface area (Å²) in [5, 5.41) is 7.77. The zero-order chi connectivity index (χ0) is 20.5. The van der Waals surface area contributed by atoms with Crippen LogP contribution in [0.5, 0.6) is 0 Å². The van der Waals surface area contributed by atoms with Crippen LogP contribution in [0.4, 0.5) is 18.9 Å². The average Bonchev–Trinajstić information content (AvgIpc) is 2.64. The van der Waals surface area contributed by atoms with Crippen LogP contribution >= 0.6 is 24.8 Å². The lowest BCUT2D eigenvalue weighted by atomic mass is 10.0. The molecule has 168 valence electrons. The maximum absolute atomic E-state index is 13.1. The van der Waals surface area contributed by atoms with Crippen molar-refractivity contribution in [3.63, 3.8) is 0 Å². The molecular weight excluding hydrogens is 440 g/mol. The van der Waals surface area contributed by atoms with Gasteiger partial charge >= 0.3 is 6.18 Å². The standard InChI is InChI=1S/C20H25F3N4O.2ClH/c1-13(2)12-27-19(28)18(26-10-8-24-9-11-26)14(3)17(25-27)15-4-6-16(7-5-15)20(21,22)23;;/h4-7,13,24H,8-12H2,1-3H3;2*1H. The Bertz CT molecular complexity index is 893. The number of nitrogens with zero attached hydrogens (tertiary/aromatic N) is 3. The number of benzene rings is 1. The largest absolute Gasteiger partial charge is 0.416 e. The Morgan fingerprint density at radius 1 is 1.10 bits per heavy atom. The van der Waals surface area contributed by atoms with Crippen molar-refractivity contribution < 1.29 is 13.2 Å². The van der Waals surface area contributed by atoms with Crippen molar-refractivity contribution in [3.8, 4) is 11.3 Å². The van der Waals surface area contributed by atoms with Gasteiger partial charge in [0.25, 0.3) is 5.56 Å². The van der Waals surface area contributed by atoms with Crippen LogP contribution in [0.25, 0.3) is 11.3 Å². The van der Waals surface area contributed by atoms with E-state index in [4.69, 9.17) is 0 Å². The molecule has 1 aliphatic heterocycles. The minimum atomic E-state index is -4.39.